The van der Waals surface area contributed by atoms with Crippen LogP contribution in [0.3, 0.4) is 0 Å². The first kappa shape index (κ1) is 30.2. The predicted octanol–water partition coefficient (Wildman–Crippen LogP) is -0.795. The van der Waals surface area contributed by atoms with Crippen molar-refractivity contribution >= 4 is 11.0 Å². The fourth-order valence-corrected chi connectivity index (χ4v) is 4.92. The highest BCUT2D eigenvalue weighted by Crippen LogP contribution is 2.35. The minimum absolute atomic E-state index is 0.0483. The molecule has 3 aromatic rings. The van der Waals surface area contributed by atoms with Crippen molar-refractivity contribution in [1.82, 2.24) is 0 Å². The van der Waals surface area contributed by atoms with Gasteiger partial charge >= 0.3 is 0 Å². The van der Waals surface area contributed by atoms with Gasteiger partial charge in [-0.15, -0.1) is 0 Å². The van der Waals surface area contributed by atoms with Crippen molar-refractivity contribution in [2.75, 3.05) is 13.7 Å². The summed E-state index contributed by atoms with van der Waals surface area (Å²) in [7, 11) is 1.52. The third-order valence-corrected chi connectivity index (χ3v) is 7.33. The lowest BCUT2D eigenvalue weighted by Crippen LogP contribution is -2.64. The van der Waals surface area contributed by atoms with Crippen molar-refractivity contribution in [3.8, 4) is 28.6 Å². The van der Waals surface area contributed by atoms with Gasteiger partial charge < -0.3 is 63.8 Å². The summed E-state index contributed by atoms with van der Waals surface area (Å²) in [5, 5.41) is 72.1. The molecule has 0 amide bonds. The summed E-state index contributed by atoms with van der Waals surface area (Å²) in [5.41, 5.74) is -0.0218. The lowest BCUT2D eigenvalue weighted by atomic mass is 9.97. The number of phenols is 1. The molecule has 2 aliphatic heterocycles. The van der Waals surface area contributed by atoms with E-state index in [-0.39, 0.29) is 22.5 Å². The lowest BCUT2D eigenvalue weighted by Gasteiger charge is -2.45. The van der Waals surface area contributed by atoms with Crippen molar-refractivity contribution in [1.29, 1.82) is 0 Å². The Morgan fingerprint density at radius 3 is 2.21 bits per heavy atom. The first-order chi connectivity index (χ1) is 20.0. The Morgan fingerprint density at radius 1 is 0.833 bits per heavy atom. The van der Waals surface area contributed by atoms with Gasteiger partial charge in [0, 0.05) is 23.8 Å². The topological polar surface area (TPSA) is 218 Å². The van der Waals surface area contributed by atoms with Crippen molar-refractivity contribution in [3.05, 3.63) is 52.7 Å². The summed E-state index contributed by atoms with van der Waals surface area (Å²) < 4.78 is 33.7. The number of phenolic OH excluding ortho intramolecular Hbond substituents is 1. The number of ether oxygens (including phenoxy) is 5. The molecule has 0 aliphatic carbocycles. The summed E-state index contributed by atoms with van der Waals surface area (Å²) >= 11 is 0. The SMILES string of the molecule is COc1ccc(-c2cc(=O)c3c(O)cc(O[C@@H]4O[C@@H](CO)[C@@H](O)[C@@H](O)[C@H]4O[C@@H]4O[C@H](C)[C@H](O)[C@H](O)[C@H]4O)cc3o2)cc1. The molecule has 7 N–H and O–H groups in total. The number of hydrogen-bond acceptors (Lipinski definition) is 14. The molecule has 3 heterocycles. The quantitative estimate of drug-likeness (QED) is 0.179. The van der Waals surface area contributed by atoms with Crippen LogP contribution < -0.4 is 14.9 Å². The number of hydrogen-bond donors (Lipinski definition) is 7. The van der Waals surface area contributed by atoms with E-state index in [2.05, 4.69) is 0 Å². The molecule has 10 atom stereocenters. The minimum atomic E-state index is -1.75. The molecule has 14 nitrogen and oxygen atoms in total. The van der Waals surface area contributed by atoms with Gasteiger partial charge in [0.05, 0.1) is 19.8 Å². The Kier molecular flexibility index (Phi) is 8.71. The fraction of sp³-hybridized carbons (Fsp3) is 0.464. The smallest absolute Gasteiger partial charge is 0.229 e. The van der Waals surface area contributed by atoms with E-state index in [1.54, 1.807) is 24.3 Å². The van der Waals surface area contributed by atoms with Crippen molar-refractivity contribution < 1.29 is 63.8 Å². The Labute approximate surface area is 238 Å². The minimum Gasteiger partial charge on any atom is -0.507 e. The van der Waals surface area contributed by atoms with Crippen LogP contribution in [0.4, 0.5) is 0 Å². The molecule has 2 aliphatic rings. The van der Waals surface area contributed by atoms with Crippen molar-refractivity contribution in [2.45, 2.75) is 68.3 Å². The zero-order valence-corrected chi connectivity index (χ0v) is 22.5. The highest BCUT2D eigenvalue weighted by atomic mass is 16.8. The maximum absolute atomic E-state index is 12.9. The maximum atomic E-state index is 12.9. The van der Waals surface area contributed by atoms with E-state index in [1.165, 1.54) is 26.2 Å². The number of benzene rings is 2. The summed E-state index contributed by atoms with van der Waals surface area (Å²) in [5.74, 6) is 0.197. The van der Waals surface area contributed by atoms with Crippen LogP contribution in [0.2, 0.25) is 0 Å². The normalized spacial score (nSPS) is 33.4. The monoisotopic (exact) mass is 592 g/mol. The van der Waals surface area contributed by atoms with Gasteiger partial charge in [0.15, 0.2) is 17.8 Å². The average molecular weight is 593 g/mol. The molecular weight excluding hydrogens is 560 g/mol. The van der Waals surface area contributed by atoms with Gasteiger partial charge in [0.25, 0.3) is 0 Å². The number of methoxy groups -OCH3 is 1. The van der Waals surface area contributed by atoms with Crippen LogP contribution in [0, 0.1) is 0 Å². The van der Waals surface area contributed by atoms with Crippen LogP contribution in [0.25, 0.3) is 22.3 Å². The molecule has 228 valence electrons. The van der Waals surface area contributed by atoms with Crippen LogP contribution in [-0.2, 0) is 14.2 Å². The van der Waals surface area contributed by atoms with Gasteiger partial charge in [0.2, 0.25) is 6.29 Å². The van der Waals surface area contributed by atoms with Crippen LogP contribution >= 0.6 is 0 Å². The average Bonchev–Trinajstić information content (AvgIpc) is 2.97. The molecule has 0 spiro atoms. The highest BCUT2D eigenvalue weighted by molar-refractivity contribution is 5.86. The van der Waals surface area contributed by atoms with Crippen molar-refractivity contribution in [3.63, 3.8) is 0 Å². The number of fused-ring (bicyclic) bond motifs is 1. The van der Waals surface area contributed by atoms with Crippen LogP contribution in [0.1, 0.15) is 6.92 Å². The third kappa shape index (κ3) is 5.68. The summed E-state index contributed by atoms with van der Waals surface area (Å²) in [6.07, 6.45) is -15.2. The molecule has 14 heteroatoms. The summed E-state index contributed by atoms with van der Waals surface area (Å²) in [6, 6.07) is 10.4. The lowest BCUT2D eigenvalue weighted by molar-refractivity contribution is -0.354. The van der Waals surface area contributed by atoms with E-state index >= 15 is 0 Å². The molecule has 2 saturated heterocycles. The van der Waals surface area contributed by atoms with Crippen LogP contribution in [0.15, 0.2) is 51.7 Å². The number of rotatable bonds is 7. The second kappa shape index (κ2) is 12.1. The first-order valence-electron chi connectivity index (χ1n) is 13.1. The van der Waals surface area contributed by atoms with Crippen LogP contribution in [0.5, 0.6) is 17.2 Å². The zero-order valence-electron chi connectivity index (χ0n) is 22.5. The van der Waals surface area contributed by atoms with Gasteiger partial charge in [0.1, 0.15) is 70.6 Å². The summed E-state index contributed by atoms with van der Waals surface area (Å²) in [4.78, 5) is 12.9. The van der Waals surface area contributed by atoms with E-state index in [1.807, 2.05) is 0 Å². The molecular formula is C28H32O14. The van der Waals surface area contributed by atoms with E-state index in [4.69, 9.17) is 28.1 Å². The summed E-state index contributed by atoms with van der Waals surface area (Å²) in [6.45, 7) is 0.721. The molecule has 2 aromatic carbocycles. The van der Waals surface area contributed by atoms with E-state index in [0.717, 1.165) is 6.07 Å². The van der Waals surface area contributed by atoms with Crippen LogP contribution in [-0.4, -0.2) is 111 Å². The standard InChI is InChI=1S/C28H32O14/c1-11-21(32)23(34)25(36)27(38-11)42-26-24(35)22(33)19(10-29)41-28(26)39-14-7-15(30)20-16(31)9-17(40-18(20)8-14)12-3-5-13(37-2)6-4-12/h3-9,11,19,21-30,32-36H,10H2,1-2H3/t11-,19+,21+,22-,23+,24-,25-,26-,27+,28-/m1/s1. The molecule has 42 heavy (non-hydrogen) atoms. The molecule has 0 bridgehead atoms. The van der Waals surface area contributed by atoms with Gasteiger partial charge in [-0.25, -0.2) is 0 Å². The second-order valence-electron chi connectivity index (χ2n) is 10.1. The number of aromatic hydroxyl groups is 1. The molecule has 0 radical (unpaired) electrons. The molecule has 0 saturated carbocycles. The molecule has 2 fully saturated rings. The Balaban J connectivity index is 1.47. The van der Waals surface area contributed by atoms with Crippen molar-refractivity contribution in [2.24, 2.45) is 0 Å². The Bertz CT molecular complexity index is 1440. The third-order valence-electron chi connectivity index (χ3n) is 7.33. The van der Waals surface area contributed by atoms with Gasteiger partial charge in [-0.2, -0.15) is 0 Å². The highest BCUT2D eigenvalue weighted by Gasteiger charge is 2.50. The first-order valence-corrected chi connectivity index (χ1v) is 13.1. The zero-order chi connectivity index (χ0) is 30.3. The Morgan fingerprint density at radius 2 is 1.55 bits per heavy atom. The largest absolute Gasteiger partial charge is 0.507 e. The fourth-order valence-electron chi connectivity index (χ4n) is 4.92. The second-order valence-corrected chi connectivity index (χ2v) is 10.1. The maximum Gasteiger partial charge on any atom is 0.229 e. The Hall–Kier alpha value is -3.31. The molecule has 0 unspecified atom stereocenters. The van der Waals surface area contributed by atoms with E-state index in [9.17, 15) is 40.5 Å². The number of aliphatic hydroxyl groups is 6. The predicted molar refractivity (Wildman–Crippen MR) is 142 cm³/mol. The van der Waals surface area contributed by atoms with Gasteiger partial charge in [-0.05, 0) is 31.2 Å². The van der Waals surface area contributed by atoms with E-state index in [0.29, 0.717) is 11.3 Å². The molecule has 1 aromatic heterocycles. The number of aliphatic hydroxyl groups excluding tert-OH is 6. The molecule has 5 rings (SSSR count). The van der Waals surface area contributed by atoms with Gasteiger partial charge in [-0.1, -0.05) is 0 Å². The van der Waals surface area contributed by atoms with E-state index < -0.39 is 79.2 Å². The van der Waals surface area contributed by atoms with Gasteiger partial charge in [-0.3, -0.25) is 4.79 Å².